The largest absolute Gasteiger partial charge is 0.457 e. The predicted octanol–water partition coefficient (Wildman–Crippen LogP) is 1.17. The molecule has 0 bridgehead atoms. The lowest BCUT2D eigenvalue weighted by atomic mass is 10.3. The summed E-state index contributed by atoms with van der Waals surface area (Å²) in [5, 5.41) is 12.8. The Morgan fingerprint density at radius 2 is 2.31 bits per heavy atom. The molecule has 2 aromatic rings. The summed E-state index contributed by atoms with van der Waals surface area (Å²) < 4.78 is 7.07. The number of hydrogen-bond donors (Lipinski definition) is 1. The van der Waals surface area contributed by atoms with Crippen LogP contribution in [0.25, 0.3) is 11.5 Å². The van der Waals surface area contributed by atoms with E-state index >= 15 is 0 Å². The van der Waals surface area contributed by atoms with E-state index in [2.05, 4.69) is 5.10 Å². The van der Waals surface area contributed by atoms with Crippen LogP contribution in [0.2, 0.25) is 0 Å². The first-order valence-corrected chi connectivity index (χ1v) is 3.99. The molecule has 0 spiro atoms. The third-order valence-corrected chi connectivity index (χ3v) is 1.89. The van der Waals surface area contributed by atoms with E-state index < -0.39 is 0 Å². The maximum absolute atomic E-state index is 8.80. The van der Waals surface area contributed by atoms with Crippen LogP contribution in [0, 0.1) is 0 Å². The van der Waals surface area contributed by atoms with Gasteiger partial charge >= 0.3 is 0 Å². The minimum absolute atomic E-state index is 0.0716. The molecule has 4 heteroatoms. The van der Waals surface area contributed by atoms with Crippen molar-refractivity contribution in [3.05, 3.63) is 30.2 Å². The van der Waals surface area contributed by atoms with Crippen molar-refractivity contribution in [2.45, 2.75) is 6.61 Å². The van der Waals surface area contributed by atoms with Crippen molar-refractivity contribution in [1.82, 2.24) is 9.78 Å². The highest BCUT2D eigenvalue weighted by atomic mass is 16.4. The molecule has 0 unspecified atom stereocenters. The van der Waals surface area contributed by atoms with Crippen LogP contribution in [-0.4, -0.2) is 14.9 Å². The van der Waals surface area contributed by atoms with Crippen LogP contribution in [0.15, 0.2) is 28.8 Å². The second kappa shape index (κ2) is 3.06. The van der Waals surface area contributed by atoms with Crippen LogP contribution in [0.5, 0.6) is 0 Å². The fourth-order valence-corrected chi connectivity index (χ4v) is 1.22. The molecule has 0 aliphatic rings. The van der Waals surface area contributed by atoms with Gasteiger partial charge in [-0.2, -0.15) is 5.10 Å². The third-order valence-electron chi connectivity index (χ3n) is 1.89. The van der Waals surface area contributed by atoms with Crippen LogP contribution in [0.3, 0.4) is 0 Å². The van der Waals surface area contributed by atoms with Crippen LogP contribution < -0.4 is 0 Å². The van der Waals surface area contributed by atoms with Crippen molar-refractivity contribution in [3.8, 4) is 11.5 Å². The van der Waals surface area contributed by atoms with E-state index in [1.165, 1.54) is 0 Å². The van der Waals surface area contributed by atoms with E-state index in [1.807, 2.05) is 19.2 Å². The smallest absolute Gasteiger partial charge is 0.152 e. The Balaban J connectivity index is 2.41. The Bertz CT molecular complexity index is 403. The molecule has 4 nitrogen and oxygen atoms in total. The Hall–Kier alpha value is -1.55. The zero-order chi connectivity index (χ0) is 9.26. The van der Waals surface area contributed by atoms with Gasteiger partial charge in [-0.15, -0.1) is 0 Å². The van der Waals surface area contributed by atoms with E-state index in [0.29, 0.717) is 5.76 Å². The van der Waals surface area contributed by atoms with Gasteiger partial charge in [0.25, 0.3) is 0 Å². The number of furan rings is 1. The Morgan fingerprint density at radius 1 is 1.46 bits per heavy atom. The lowest BCUT2D eigenvalue weighted by Crippen LogP contribution is -1.91. The number of hydrogen-bond acceptors (Lipinski definition) is 3. The second-order valence-corrected chi connectivity index (χ2v) is 2.76. The summed E-state index contributed by atoms with van der Waals surface area (Å²) in [5.74, 6) is 1.29. The standard InChI is InChI=1S/C9H10N2O2/c1-11-8(4-5-10-11)9-3-2-7(6-12)13-9/h2-5,12H,6H2,1H3. The molecule has 0 atom stereocenters. The molecule has 0 aromatic carbocycles. The number of aryl methyl sites for hydroxylation is 1. The molecule has 13 heavy (non-hydrogen) atoms. The summed E-state index contributed by atoms with van der Waals surface area (Å²) in [7, 11) is 1.84. The van der Waals surface area contributed by atoms with Crippen molar-refractivity contribution in [1.29, 1.82) is 0 Å². The van der Waals surface area contributed by atoms with Gasteiger partial charge in [-0.25, -0.2) is 0 Å². The van der Waals surface area contributed by atoms with Crippen molar-refractivity contribution in [2.24, 2.45) is 7.05 Å². The van der Waals surface area contributed by atoms with Crippen molar-refractivity contribution < 1.29 is 9.52 Å². The zero-order valence-corrected chi connectivity index (χ0v) is 7.27. The molecule has 0 saturated heterocycles. The highest BCUT2D eigenvalue weighted by molar-refractivity contribution is 5.52. The van der Waals surface area contributed by atoms with Crippen molar-refractivity contribution >= 4 is 0 Å². The summed E-state index contributed by atoms with van der Waals surface area (Å²) in [6.07, 6.45) is 1.70. The third kappa shape index (κ3) is 1.36. The molecule has 0 aliphatic heterocycles. The number of aliphatic hydroxyl groups is 1. The van der Waals surface area contributed by atoms with Crippen molar-refractivity contribution in [3.63, 3.8) is 0 Å². The van der Waals surface area contributed by atoms with Gasteiger partial charge in [0.2, 0.25) is 0 Å². The van der Waals surface area contributed by atoms with E-state index in [1.54, 1.807) is 16.9 Å². The number of aromatic nitrogens is 2. The summed E-state index contributed by atoms with van der Waals surface area (Å²) in [6.45, 7) is -0.0716. The SMILES string of the molecule is Cn1nccc1-c1ccc(CO)o1. The first-order chi connectivity index (χ1) is 6.31. The van der Waals surface area contributed by atoms with Gasteiger partial charge in [-0.05, 0) is 18.2 Å². The lowest BCUT2D eigenvalue weighted by Gasteiger charge is -1.96. The van der Waals surface area contributed by atoms with E-state index in [-0.39, 0.29) is 6.61 Å². The predicted molar refractivity (Wildman–Crippen MR) is 46.8 cm³/mol. The monoisotopic (exact) mass is 178 g/mol. The summed E-state index contributed by atoms with van der Waals surface area (Å²) in [4.78, 5) is 0. The number of rotatable bonds is 2. The lowest BCUT2D eigenvalue weighted by molar-refractivity contribution is 0.248. The molecule has 1 N–H and O–H groups in total. The number of nitrogens with zero attached hydrogens (tertiary/aromatic N) is 2. The molecule has 0 fully saturated rings. The minimum atomic E-state index is -0.0716. The molecule has 2 rings (SSSR count). The molecule has 2 aromatic heterocycles. The second-order valence-electron chi connectivity index (χ2n) is 2.76. The highest BCUT2D eigenvalue weighted by Crippen LogP contribution is 2.20. The van der Waals surface area contributed by atoms with Crippen LogP contribution in [-0.2, 0) is 13.7 Å². The average molecular weight is 178 g/mol. The van der Waals surface area contributed by atoms with Crippen molar-refractivity contribution in [2.75, 3.05) is 0 Å². The van der Waals surface area contributed by atoms with E-state index in [0.717, 1.165) is 11.5 Å². The van der Waals surface area contributed by atoms with Crippen LogP contribution in [0.1, 0.15) is 5.76 Å². The Labute approximate surface area is 75.4 Å². The van der Waals surface area contributed by atoms with Crippen LogP contribution >= 0.6 is 0 Å². The Kier molecular flexibility index (Phi) is 1.90. The average Bonchev–Trinajstić information content (AvgIpc) is 2.71. The summed E-state index contributed by atoms with van der Waals surface area (Å²) in [5.41, 5.74) is 0.903. The fraction of sp³-hybridized carbons (Fsp3) is 0.222. The van der Waals surface area contributed by atoms with Gasteiger partial charge in [0.1, 0.15) is 18.1 Å². The quantitative estimate of drug-likeness (QED) is 0.751. The molecule has 0 amide bonds. The maximum Gasteiger partial charge on any atom is 0.152 e. The normalized spacial score (nSPS) is 10.6. The molecule has 0 saturated carbocycles. The summed E-state index contributed by atoms with van der Waals surface area (Å²) >= 11 is 0. The van der Waals surface area contributed by atoms with Gasteiger partial charge < -0.3 is 9.52 Å². The molecule has 2 heterocycles. The first-order valence-electron chi connectivity index (χ1n) is 3.99. The maximum atomic E-state index is 8.80. The van der Waals surface area contributed by atoms with Crippen LogP contribution in [0.4, 0.5) is 0 Å². The fourth-order valence-electron chi connectivity index (χ4n) is 1.22. The molecule has 68 valence electrons. The summed E-state index contributed by atoms with van der Waals surface area (Å²) in [6, 6.07) is 5.44. The van der Waals surface area contributed by atoms with Gasteiger partial charge in [-0.1, -0.05) is 0 Å². The molecular weight excluding hydrogens is 168 g/mol. The van der Waals surface area contributed by atoms with E-state index in [9.17, 15) is 0 Å². The molecular formula is C9H10N2O2. The van der Waals surface area contributed by atoms with Gasteiger partial charge in [-0.3, -0.25) is 4.68 Å². The van der Waals surface area contributed by atoms with Gasteiger partial charge in [0.15, 0.2) is 5.76 Å². The number of aliphatic hydroxyl groups excluding tert-OH is 1. The Morgan fingerprint density at radius 3 is 2.85 bits per heavy atom. The topological polar surface area (TPSA) is 51.2 Å². The zero-order valence-electron chi connectivity index (χ0n) is 7.27. The minimum Gasteiger partial charge on any atom is -0.457 e. The van der Waals surface area contributed by atoms with Gasteiger partial charge in [0, 0.05) is 13.2 Å². The van der Waals surface area contributed by atoms with Gasteiger partial charge in [0.05, 0.1) is 0 Å². The van der Waals surface area contributed by atoms with E-state index in [4.69, 9.17) is 9.52 Å². The molecule has 0 aliphatic carbocycles. The first kappa shape index (κ1) is 8.07. The highest BCUT2D eigenvalue weighted by Gasteiger charge is 2.06. The molecule has 0 radical (unpaired) electrons.